The van der Waals surface area contributed by atoms with E-state index in [9.17, 15) is 10.1 Å². The number of hydrogen-bond acceptors (Lipinski definition) is 2. The zero-order chi connectivity index (χ0) is 14.0. The highest BCUT2D eigenvalue weighted by atomic mass is 16.6. The van der Waals surface area contributed by atoms with Crippen molar-refractivity contribution in [2.45, 2.75) is 39.7 Å². The van der Waals surface area contributed by atoms with Gasteiger partial charge in [-0.15, -0.1) is 0 Å². The molecule has 4 nitrogen and oxygen atoms in total. The molecule has 0 saturated heterocycles. The van der Waals surface area contributed by atoms with Gasteiger partial charge in [0, 0.05) is 34.9 Å². The van der Waals surface area contributed by atoms with E-state index < -0.39 is 6.04 Å². The van der Waals surface area contributed by atoms with Crippen molar-refractivity contribution in [2.75, 3.05) is 0 Å². The number of aromatic nitrogens is 1. The van der Waals surface area contributed by atoms with Crippen LogP contribution in [-0.2, 0) is 6.42 Å². The molecule has 4 heteroatoms. The van der Waals surface area contributed by atoms with Crippen LogP contribution in [0.2, 0.25) is 0 Å². The standard InChI is InChI=1S/C15H20N2O2/c1-10(2)6-13(17(18)19)8-12-9-16-15-7-11(3)4-5-14(12)15/h4-5,7,9-10,13,16H,6,8H2,1-3H3. The summed E-state index contributed by atoms with van der Waals surface area (Å²) in [6.45, 7) is 6.09. The van der Waals surface area contributed by atoms with Crippen LogP contribution in [-0.4, -0.2) is 15.9 Å². The first kappa shape index (κ1) is 13.6. The summed E-state index contributed by atoms with van der Waals surface area (Å²) < 4.78 is 0. The molecule has 0 aliphatic rings. The van der Waals surface area contributed by atoms with E-state index in [1.165, 1.54) is 5.56 Å². The summed E-state index contributed by atoms with van der Waals surface area (Å²) in [5.74, 6) is 0.336. The number of nitrogens with one attached hydrogen (secondary N) is 1. The van der Waals surface area contributed by atoms with Crippen molar-refractivity contribution in [3.05, 3.63) is 45.6 Å². The fourth-order valence-corrected chi connectivity index (χ4v) is 2.51. The molecule has 1 unspecified atom stereocenters. The van der Waals surface area contributed by atoms with Crippen LogP contribution in [0.5, 0.6) is 0 Å². The van der Waals surface area contributed by atoms with E-state index in [2.05, 4.69) is 11.1 Å². The fourth-order valence-electron chi connectivity index (χ4n) is 2.51. The van der Waals surface area contributed by atoms with Crippen LogP contribution >= 0.6 is 0 Å². The Labute approximate surface area is 113 Å². The van der Waals surface area contributed by atoms with Gasteiger partial charge in [0.05, 0.1) is 0 Å². The van der Waals surface area contributed by atoms with Gasteiger partial charge in [0.1, 0.15) is 0 Å². The summed E-state index contributed by atoms with van der Waals surface area (Å²) in [4.78, 5) is 14.2. The van der Waals surface area contributed by atoms with Crippen molar-refractivity contribution < 1.29 is 4.92 Å². The normalized spacial score (nSPS) is 13.1. The van der Waals surface area contributed by atoms with Gasteiger partial charge in [-0.25, -0.2) is 0 Å². The van der Waals surface area contributed by atoms with Gasteiger partial charge in [-0.05, 0) is 30.0 Å². The number of H-pyrrole nitrogens is 1. The average Bonchev–Trinajstić information content (AvgIpc) is 2.70. The Kier molecular flexibility index (Phi) is 3.88. The van der Waals surface area contributed by atoms with Crippen LogP contribution in [0.4, 0.5) is 0 Å². The molecule has 0 aliphatic heterocycles. The van der Waals surface area contributed by atoms with Crippen LogP contribution in [0.15, 0.2) is 24.4 Å². The molecule has 102 valence electrons. The summed E-state index contributed by atoms with van der Waals surface area (Å²) in [7, 11) is 0. The molecule has 0 amide bonds. The second-order valence-electron chi connectivity index (χ2n) is 5.64. The topological polar surface area (TPSA) is 58.9 Å². The summed E-state index contributed by atoms with van der Waals surface area (Å²) >= 11 is 0. The van der Waals surface area contributed by atoms with Gasteiger partial charge in [0.25, 0.3) is 0 Å². The minimum Gasteiger partial charge on any atom is -0.361 e. The number of nitro groups is 1. The highest BCUT2D eigenvalue weighted by Gasteiger charge is 2.23. The lowest BCUT2D eigenvalue weighted by Crippen LogP contribution is -2.24. The SMILES string of the molecule is Cc1ccc2c(CC(CC(C)C)[N+](=O)[O-])c[nH]c2c1. The zero-order valence-electron chi connectivity index (χ0n) is 11.6. The highest BCUT2D eigenvalue weighted by molar-refractivity contribution is 5.83. The number of benzene rings is 1. The number of fused-ring (bicyclic) bond motifs is 1. The van der Waals surface area contributed by atoms with Crippen molar-refractivity contribution in [1.82, 2.24) is 4.98 Å². The van der Waals surface area contributed by atoms with Gasteiger partial charge in [-0.1, -0.05) is 26.0 Å². The van der Waals surface area contributed by atoms with Gasteiger partial charge in [0.2, 0.25) is 6.04 Å². The van der Waals surface area contributed by atoms with Crippen molar-refractivity contribution in [3.63, 3.8) is 0 Å². The Bertz CT molecular complexity index is 587. The lowest BCUT2D eigenvalue weighted by atomic mass is 9.97. The molecule has 0 aliphatic carbocycles. The van der Waals surface area contributed by atoms with Gasteiger partial charge < -0.3 is 4.98 Å². The molecule has 0 fully saturated rings. The van der Waals surface area contributed by atoms with Gasteiger partial charge in [-0.3, -0.25) is 10.1 Å². The zero-order valence-corrected chi connectivity index (χ0v) is 11.6. The van der Waals surface area contributed by atoms with Gasteiger partial charge in [0.15, 0.2) is 0 Å². The first-order valence-electron chi connectivity index (χ1n) is 6.67. The maximum Gasteiger partial charge on any atom is 0.217 e. The number of hydrogen-bond donors (Lipinski definition) is 1. The van der Waals surface area contributed by atoms with Crippen LogP contribution < -0.4 is 0 Å². The molecule has 0 spiro atoms. The molecule has 0 saturated carbocycles. The van der Waals surface area contributed by atoms with Gasteiger partial charge >= 0.3 is 0 Å². The molecule has 1 heterocycles. The Hall–Kier alpha value is -1.84. The van der Waals surface area contributed by atoms with Crippen LogP contribution in [0.25, 0.3) is 10.9 Å². The van der Waals surface area contributed by atoms with E-state index >= 15 is 0 Å². The minimum absolute atomic E-state index is 0.146. The molecular formula is C15H20N2O2. The van der Waals surface area contributed by atoms with Gasteiger partial charge in [-0.2, -0.15) is 0 Å². The second kappa shape index (κ2) is 5.43. The van der Waals surface area contributed by atoms with E-state index in [1.807, 2.05) is 39.1 Å². The van der Waals surface area contributed by atoms with E-state index in [0.29, 0.717) is 18.8 Å². The summed E-state index contributed by atoms with van der Waals surface area (Å²) in [6, 6.07) is 5.66. The average molecular weight is 260 g/mol. The molecule has 0 bridgehead atoms. The Morgan fingerprint density at radius 3 is 2.74 bits per heavy atom. The molecular weight excluding hydrogens is 240 g/mol. The number of aryl methyl sites for hydroxylation is 1. The molecule has 2 aromatic rings. The summed E-state index contributed by atoms with van der Waals surface area (Å²) in [5, 5.41) is 12.2. The maximum atomic E-state index is 11.1. The molecule has 0 radical (unpaired) electrons. The Balaban J connectivity index is 2.26. The van der Waals surface area contributed by atoms with Crippen molar-refractivity contribution in [2.24, 2.45) is 5.92 Å². The summed E-state index contributed by atoms with van der Waals surface area (Å²) in [5.41, 5.74) is 3.29. The third kappa shape index (κ3) is 3.13. The maximum absolute atomic E-state index is 11.1. The van der Waals surface area contributed by atoms with E-state index in [0.717, 1.165) is 16.5 Å². The quantitative estimate of drug-likeness (QED) is 0.658. The number of rotatable bonds is 5. The lowest BCUT2D eigenvalue weighted by molar-refractivity contribution is -0.524. The summed E-state index contributed by atoms with van der Waals surface area (Å²) in [6.07, 6.45) is 3.01. The van der Waals surface area contributed by atoms with E-state index in [1.54, 1.807) is 0 Å². The van der Waals surface area contributed by atoms with Crippen LogP contribution in [0.3, 0.4) is 0 Å². The predicted molar refractivity (Wildman–Crippen MR) is 77.0 cm³/mol. The van der Waals surface area contributed by atoms with Crippen molar-refractivity contribution in [3.8, 4) is 0 Å². The molecule has 2 rings (SSSR count). The second-order valence-corrected chi connectivity index (χ2v) is 5.64. The molecule has 1 aromatic carbocycles. The lowest BCUT2D eigenvalue weighted by Gasteiger charge is -2.11. The fraction of sp³-hybridized carbons (Fsp3) is 0.467. The monoisotopic (exact) mass is 260 g/mol. The largest absolute Gasteiger partial charge is 0.361 e. The molecule has 19 heavy (non-hydrogen) atoms. The molecule has 1 N–H and O–H groups in total. The van der Waals surface area contributed by atoms with Crippen LogP contribution in [0.1, 0.15) is 31.4 Å². The first-order chi connectivity index (χ1) is 8.97. The number of aromatic amines is 1. The minimum atomic E-state index is -0.500. The Morgan fingerprint density at radius 1 is 1.37 bits per heavy atom. The third-order valence-corrected chi connectivity index (χ3v) is 3.42. The number of nitrogens with zero attached hydrogens (tertiary/aromatic N) is 1. The molecule has 1 atom stereocenters. The Morgan fingerprint density at radius 2 is 2.11 bits per heavy atom. The smallest absolute Gasteiger partial charge is 0.217 e. The first-order valence-corrected chi connectivity index (χ1v) is 6.67. The van der Waals surface area contributed by atoms with Crippen molar-refractivity contribution in [1.29, 1.82) is 0 Å². The highest BCUT2D eigenvalue weighted by Crippen LogP contribution is 2.23. The predicted octanol–water partition coefficient (Wildman–Crippen LogP) is 3.71. The molecule has 1 aromatic heterocycles. The third-order valence-electron chi connectivity index (χ3n) is 3.42. The van der Waals surface area contributed by atoms with E-state index in [4.69, 9.17) is 0 Å². The van der Waals surface area contributed by atoms with Crippen LogP contribution in [0, 0.1) is 23.0 Å². The van der Waals surface area contributed by atoms with E-state index in [-0.39, 0.29) is 4.92 Å². The van der Waals surface area contributed by atoms with Crippen molar-refractivity contribution >= 4 is 10.9 Å².